The molecule has 6 nitrogen and oxygen atoms in total. The van der Waals surface area contributed by atoms with Crippen molar-refractivity contribution in [2.45, 2.75) is 39.5 Å². The molecule has 0 aromatic heterocycles. The minimum absolute atomic E-state index is 0. The van der Waals surface area contributed by atoms with Crippen molar-refractivity contribution in [1.29, 1.82) is 0 Å². The van der Waals surface area contributed by atoms with E-state index < -0.39 is 0 Å². The van der Waals surface area contributed by atoms with Gasteiger partial charge in [0.2, 0.25) is 5.91 Å². The normalized spacial score (nSPS) is 13.9. The number of hydrogen-bond acceptors (Lipinski definition) is 3. The number of benzene rings is 1. The zero-order valence-corrected chi connectivity index (χ0v) is 19.0. The first kappa shape index (κ1) is 23.5. The van der Waals surface area contributed by atoms with Crippen LogP contribution in [-0.4, -0.2) is 56.6 Å². The number of rotatable bonds is 8. The lowest BCUT2D eigenvalue weighted by atomic mass is 10.1. The minimum atomic E-state index is 0. The summed E-state index contributed by atoms with van der Waals surface area (Å²) in [5.41, 5.74) is 2.40. The molecule has 27 heavy (non-hydrogen) atoms. The Labute approximate surface area is 180 Å². The molecule has 2 rings (SSSR count). The molecule has 0 aliphatic carbocycles. The fourth-order valence-electron chi connectivity index (χ4n) is 3.15. The Balaban J connectivity index is 0.00000364. The fourth-order valence-corrected chi connectivity index (χ4v) is 3.15. The molecule has 0 unspecified atom stereocenters. The second-order valence-corrected chi connectivity index (χ2v) is 6.59. The minimum Gasteiger partial charge on any atom is -0.496 e. The van der Waals surface area contributed by atoms with Crippen molar-refractivity contribution in [2.24, 2.45) is 4.99 Å². The van der Waals surface area contributed by atoms with E-state index in [1.54, 1.807) is 7.11 Å². The smallest absolute Gasteiger partial charge is 0.224 e. The van der Waals surface area contributed by atoms with E-state index >= 15 is 0 Å². The van der Waals surface area contributed by atoms with Gasteiger partial charge >= 0.3 is 0 Å². The Morgan fingerprint density at radius 2 is 2.00 bits per heavy atom. The third-order valence-corrected chi connectivity index (χ3v) is 4.52. The Hall–Kier alpha value is -1.51. The highest BCUT2D eigenvalue weighted by molar-refractivity contribution is 14.0. The average Bonchev–Trinajstić information content (AvgIpc) is 3.16. The van der Waals surface area contributed by atoms with Crippen LogP contribution in [0, 0.1) is 6.92 Å². The number of nitrogens with one attached hydrogen (secondary N) is 2. The lowest BCUT2D eigenvalue weighted by Gasteiger charge is -2.15. The summed E-state index contributed by atoms with van der Waals surface area (Å²) in [4.78, 5) is 18.6. The standard InChI is InChI=1S/C20H32N4O2.HI/c1-4-21-20(23-12-10-19(25)24-13-5-6-14-24)22-11-9-17-15-16(2)7-8-18(17)26-3;/h7-8,15H,4-6,9-14H2,1-3H3,(H2,21,22,23);1H. The maximum absolute atomic E-state index is 12.1. The van der Waals surface area contributed by atoms with Gasteiger partial charge in [0.25, 0.3) is 0 Å². The molecular formula is C20H33IN4O2. The van der Waals surface area contributed by atoms with Crippen LogP contribution < -0.4 is 15.4 Å². The number of likely N-dealkylation sites (tertiary alicyclic amines) is 1. The molecule has 0 atom stereocenters. The molecule has 2 N–H and O–H groups in total. The molecule has 0 radical (unpaired) electrons. The molecule has 1 fully saturated rings. The number of amides is 1. The molecule has 152 valence electrons. The Morgan fingerprint density at radius 3 is 2.67 bits per heavy atom. The van der Waals surface area contributed by atoms with Gasteiger partial charge in [-0.3, -0.25) is 9.79 Å². The first-order chi connectivity index (χ1) is 12.6. The number of hydrogen-bond donors (Lipinski definition) is 2. The molecule has 1 saturated heterocycles. The largest absolute Gasteiger partial charge is 0.496 e. The summed E-state index contributed by atoms with van der Waals surface area (Å²) >= 11 is 0. The van der Waals surface area contributed by atoms with Crippen molar-refractivity contribution in [1.82, 2.24) is 15.5 Å². The SMILES string of the molecule is CCNC(=NCCC(=O)N1CCCC1)NCCc1cc(C)ccc1OC.I. The second kappa shape index (κ2) is 12.8. The van der Waals surface area contributed by atoms with Gasteiger partial charge < -0.3 is 20.3 Å². The Kier molecular flexibility index (Phi) is 11.2. The number of carbonyl (C=O) groups excluding carboxylic acids is 1. The third kappa shape index (κ3) is 7.94. The lowest BCUT2D eigenvalue weighted by molar-refractivity contribution is -0.129. The van der Waals surface area contributed by atoms with E-state index in [0.717, 1.165) is 57.2 Å². The monoisotopic (exact) mass is 488 g/mol. The van der Waals surface area contributed by atoms with E-state index in [0.29, 0.717) is 13.0 Å². The van der Waals surface area contributed by atoms with Crippen molar-refractivity contribution in [3.05, 3.63) is 29.3 Å². The topological polar surface area (TPSA) is 66.0 Å². The number of aryl methyl sites for hydroxylation is 1. The molecule has 1 aliphatic heterocycles. The van der Waals surface area contributed by atoms with Crippen molar-refractivity contribution < 1.29 is 9.53 Å². The van der Waals surface area contributed by atoms with Crippen LogP contribution in [0.15, 0.2) is 23.2 Å². The van der Waals surface area contributed by atoms with Gasteiger partial charge in [0.15, 0.2) is 5.96 Å². The van der Waals surface area contributed by atoms with Crippen molar-refractivity contribution >= 4 is 35.8 Å². The summed E-state index contributed by atoms with van der Waals surface area (Å²) in [6.07, 6.45) is 3.58. The highest BCUT2D eigenvalue weighted by atomic mass is 127. The molecular weight excluding hydrogens is 455 g/mol. The van der Waals surface area contributed by atoms with Crippen LogP contribution in [0.1, 0.15) is 37.3 Å². The van der Waals surface area contributed by atoms with Crippen molar-refractivity contribution in [3.63, 3.8) is 0 Å². The van der Waals surface area contributed by atoms with Gasteiger partial charge in [0, 0.05) is 32.6 Å². The Bertz CT molecular complexity index is 616. The number of carbonyl (C=O) groups is 1. The van der Waals surface area contributed by atoms with Crippen LogP contribution in [0.2, 0.25) is 0 Å². The molecule has 1 aliphatic rings. The van der Waals surface area contributed by atoms with Crippen LogP contribution in [0.4, 0.5) is 0 Å². The van der Waals surface area contributed by atoms with E-state index in [-0.39, 0.29) is 29.9 Å². The van der Waals surface area contributed by atoms with Gasteiger partial charge in [-0.2, -0.15) is 0 Å². The lowest BCUT2D eigenvalue weighted by Crippen LogP contribution is -2.38. The molecule has 1 aromatic rings. The first-order valence-electron chi connectivity index (χ1n) is 9.57. The fraction of sp³-hybridized carbons (Fsp3) is 0.600. The molecule has 0 saturated carbocycles. The zero-order valence-electron chi connectivity index (χ0n) is 16.7. The van der Waals surface area contributed by atoms with E-state index in [2.05, 4.69) is 34.7 Å². The summed E-state index contributed by atoms with van der Waals surface area (Å²) in [5.74, 6) is 1.88. The number of methoxy groups -OCH3 is 1. The van der Waals surface area contributed by atoms with Crippen LogP contribution in [0.3, 0.4) is 0 Å². The summed E-state index contributed by atoms with van der Waals surface area (Å²) < 4.78 is 5.43. The van der Waals surface area contributed by atoms with E-state index in [1.807, 2.05) is 17.9 Å². The maximum atomic E-state index is 12.1. The number of guanidine groups is 1. The van der Waals surface area contributed by atoms with E-state index in [4.69, 9.17) is 4.74 Å². The molecule has 1 aromatic carbocycles. The van der Waals surface area contributed by atoms with Gasteiger partial charge in [0.1, 0.15) is 5.75 Å². The van der Waals surface area contributed by atoms with Gasteiger partial charge in [0.05, 0.1) is 13.7 Å². The second-order valence-electron chi connectivity index (χ2n) is 6.59. The van der Waals surface area contributed by atoms with Crippen molar-refractivity contribution in [3.8, 4) is 5.75 Å². The van der Waals surface area contributed by atoms with Gasteiger partial charge in [-0.05, 0) is 44.7 Å². The van der Waals surface area contributed by atoms with Gasteiger partial charge in [-0.1, -0.05) is 17.7 Å². The quantitative estimate of drug-likeness (QED) is 0.336. The molecule has 7 heteroatoms. The summed E-state index contributed by atoms with van der Waals surface area (Å²) in [6, 6.07) is 6.21. The Morgan fingerprint density at radius 1 is 1.26 bits per heavy atom. The van der Waals surface area contributed by atoms with Crippen LogP contribution in [-0.2, 0) is 11.2 Å². The maximum Gasteiger partial charge on any atom is 0.224 e. The van der Waals surface area contributed by atoms with Gasteiger partial charge in [-0.25, -0.2) is 0 Å². The average molecular weight is 488 g/mol. The summed E-state index contributed by atoms with van der Waals surface area (Å²) in [7, 11) is 1.70. The first-order valence-corrected chi connectivity index (χ1v) is 9.57. The van der Waals surface area contributed by atoms with E-state index in [9.17, 15) is 4.79 Å². The molecule has 1 heterocycles. The molecule has 1 amide bonds. The third-order valence-electron chi connectivity index (χ3n) is 4.52. The van der Waals surface area contributed by atoms with Gasteiger partial charge in [-0.15, -0.1) is 24.0 Å². The highest BCUT2D eigenvalue weighted by Gasteiger charge is 2.16. The van der Waals surface area contributed by atoms with Crippen molar-refractivity contribution in [2.75, 3.05) is 39.8 Å². The number of halogens is 1. The number of nitrogens with zero attached hydrogens (tertiary/aromatic N) is 2. The summed E-state index contributed by atoms with van der Waals surface area (Å²) in [5, 5.41) is 6.58. The van der Waals surface area contributed by atoms with Crippen LogP contribution in [0.5, 0.6) is 5.75 Å². The number of ether oxygens (including phenoxy) is 1. The highest BCUT2D eigenvalue weighted by Crippen LogP contribution is 2.19. The molecule has 0 spiro atoms. The molecule has 0 bridgehead atoms. The zero-order chi connectivity index (χ0) is 18.8. The van der Waals surface area contributed by atoms with Crippen LogP contribution >= 0.6 is 24.0 Å². The van der Waals surface area contributed by atoms with Crippen LogP contribution in [0.25, 0.3) is 0 Å². The number of aliphatic imine (C=N–C) groups is 1. The predicted octanol–water partition coefficient (Wildman–Crippen LogP) is 2.73. The van der Waals surface area contributed by atoms with E-state index in [1.165, 1.54) is 11.1 Å². The summed E-state index contributed by atoms with van der Waals surface area (Å²) in [6.45, 7) is 7.98. The predicted molar refractivity (Wildman–Crippen MR) is 121 cm³/mol.